The van der Waals surface area contributed by atoms with Crippen LogP contribution in [0.5, 0.6) is 0 Å². The lowest BCUT2D eigenvalue weighted by atomic mass is 9.83. The van der Waals surface area contributed by atoms with E-state index >= 15 is 0 Å². The molecule has 1 N–H and O–H groups in total. The molecule has 1 atom stereocenters. The Hall–Kier alpha value is -0.810. The fourth-order valence-corrected chi connectivity index (χ4v) is 4.65. The molecule has 1 fully saturated rings. The maximum atomic E-state index is 11.6. The van der Waals surface area contributed by atoms with Crippen molar-refractivity contribution in [2.24, 2.45) is 5.41 Å². The second-order valence-electron chi connectivity index (χ2n) is 4.63. The quantitative estimate of drug-likeness (QED) is 0.851. The third-order valence-electron chi connectivity index (χ3n) is 3.15. The molecule has 0 aliphatic carbocycles. The molecule has 1 aliphatic rings. The van der Waals surface area contributed by atoms with Gasteiger partial charge in [0.2, 0.25) is 0 Å². The minimum atomic E-state index is -2.86. The molecule has 5 heteroatoms. The molecule has 0 radical (unpaired) electrons. The first-order valence-electron chi connectivity index (χ1n) is 5.43. The first-order chi connectivity index (χ1) is 7.55. The van der Waals surface area contributed by atoms with E-state index in [1.807, 2.05) is 19.2 Å². The highest BCUT2D eigenvalue weighted by Crippen LogP contribution is 2.35. The Balaban J connectivity index is 2.17. The zero-order valence-corrected chi connectivity index (χ0v) is 10.2. The van der Waals surface area contributed by atoms with Crippen molar-refractivity contribution in [1.82, 2.24) is 5.32 Å². The molecule has 0 bridgehead atoms. The van der Waals surface area contributed by atoms with Gasteiger partial charge in [0.25, 0.3) is 0 Å². The van der Waals surface area contributed by atoms with Gasteiger partial charge in [-0.2, -0.15) is 0 Å². The van der Waals surface area contributed by atoms with Gasteiger partial charge in [0.1, 0.15) is 5.76 Å². The molecule has 1 aromatic rings. The summed E-state index contributed by atoms with van der Waals surface area (Å²) in [4.78, 5) is 0. The fraction of sp³-hybridized carbons (Fsp3) is 0.636. The number of rotatable bonds is 4. The van der Waals surface area contributed by atoms with Crippen molar-refractivity contribution in [3.63, 3.8) is 0 Å². The molecule has 0 amide bonds. The van der Waals surface area contributed by atoms with E-state index in [2.05, 4.69) is 5.32 Å². The second kappa shape index (κ2) is 4.22. The summed E-state index contributed by atoms with van der Waals surface area (Å²) in [5, 5.41) is 3.09. The lowest BCUT2D eigenvalue weighted by Gasteiger charge is -2.26. The molecule has 0 spiro atoms. The lowest BCUT2D eigenvalue weighted by Crippen LogP contribution is -2.35. The smallest absolute Gasteiger partial charge is 0.150 e. The van der Waals surface area contributed by atoms with Gasteiger partial charge in [0.15, 0.2) is 9.84 Å². The largest absolute Gasteiger partial charge is 0.469 e. The maximum Gasteiger partial charge on any atom is 0.150 e. The van der Waals surface area contributed by atoms with E-state index < -0.39 is 9.84 Å². The molecule has 2 rings (SSSR count). The number of furan rings is 1. The molecule has 4 nitrogen and oxygen atoms in total. The van der Waals surface area contributed by atoms with Gasteiger partial charge < -0.3 is 9.73 Å². The Labute approximate surface area is 95.9 Å². The summed E-state index contributed by atoms with van der Waals surface area (Å²) >= 11 is 0. The second-order valence-corrected chi connectivity index (χ2v) is 6.81. The van der Waals surface area contributed by atoms with Gasteiger partial charge in [-0.15, -0.1) is 0 Å². The molecule has 2 heterocycles. The van der Waals surface area contributed by atoms with Crippen molar-refractivity contribution in [3.05, 3.63) is 24.2 Å². The molecular weight excluding hydrogens is 226 g/mol. The summed E-state index contributed by atoms with van der Waals surface area (Å²) in [5.41, 5.74) is -0.189. The summed E-state index contributed by atoms with van der Waals surface area (Å²) in [7, 11) is -1.00. The predicted molar refractivity (Wildman–Crippen MR) is 62.0 cm³/mol. The molecule has 0 aromatic carbocycles. The van der Waals surface area contributed by atoms with E-state index in [4.69, 9.17) is 4.42 Å². The first kappa shape index (κ1) is 11.7. The lowest BCUT2D eigenvalue weighted by molar-refractivity contribution is 0.295. The Morgan fingerprint density at radius 3 is 2.88 bits per heavy atom. The molecule has 0 saturated carbocycles. The molecule has 1 unspecified atom stereocenters. The number of hydrogen-bond donors (Lipinski definition) is 1. The fourth-order valence-electron chi connectivity index (χ4n) is 2.48. The minimum Gasteiger partial charge on any atom is -0.469 e. The SMILES string of the molecule is CNCC1(Cc2ccco2)CCS(=O)(=O)C1. The van der Waals surface area contributed by atoms with Gasteiger partial charge in [-0.1, -0.05) is 0 Å². The molecule has 1 aliphatic heterocycles. The summed E-state index contributed by atoms with van der Waals surface area (Å²) in [6.45, 7) is 0.715. The van der Waals surface area contributed by atoms with Crippen LogP contribution in [0.3, 0.4) is 0 Å². The van der Waals surface area contributed by atoms with Crippen molar-refractivity contribution in [3.8, 4) is 0 Å². The van der Waals surface area contributed by atoms with Gasteiger partial charge in [0.05, 0.1) is 17.8 Å². The van der Waals surface area contributed by atoms with Crippen LogP contribution in [-0.4, -0.2) is 33.5 Å². The zero-order chi connectivity index (χ0) is 11.6. The van der Waals surface area contributed by atoms with Gasteiger partial charge >= 0.3 is 0 Å². The van der Waals surface area contributed by atoms with Gasteiger partial charge in [-0.25, -0.2) is 8.42 Å². The molecule has 16 heavy (non-hydrogen) atoms. The highest BCUT2D eigenvalue weighted by Gasteiger charge is 2.42. The van der Waals surface area contributed by atoms with E-state index in [-0.39, 0.29) is 11.2 Å². The van der Waals surface area contributed by atoms with E-state index in [0.29, 0.717) is 18.7 Å². The van der Waals surface area contributed by atoms with Crippen LogP contribution in [0.25, 0.3) is 0 Å². The van der Waals surface area contributed by atoms with Crippen LogP contribution in [0.15, 0.2) is 22.8 Å². The van der Waals surface area contributed by atoms with E-state index in [1.165, 1.54) is 0 Å². The zero-order valence-electron chi connectivity index (χ0n) is 9.40. The minimum absolute atomic E-state index is 0.189. The van der Waals surface area contributed by atoms with Gasteiger partial charge in [0, 0.05) is 18.4 Å². The van der Waals surface area contributed by atoms with Gasteiger partial charge in [-0.05, 0) is 25.6 Å². The Morgan fingerprint density at radius 2 is 2.38 bits per heavy atom. The summed E-state index contributed by atoms with van der Waals surface area (Å²) in [6, 6.07) is 3.74. The summed E-state index contributed by atoms with van der Waals surface area (Å²) in [6.07, 6.45) is 3.04. The van der Waals surface area contributed by atoms with Crippen LogP contribution in [0.2, 0.25) is 0 Å². The topological polar surface area (TPSA) is 59.3 Å². The van der Waals surface area contributed by atoms with E-state index in [1.54, 1.807) is 6.26 Å². The van der Waals surface area contributed by atoms with Crippen molar-refractivity contribution in [1.29, 1.82) is 0 Å². The van der Waals surface area contributed by atoms with E-state index in [9.17, 15) is 8.42 Å². The molecule has 90 valence electrons. The summed E-state index contributed by atoms with van der Waals surface area (Å²) < 4.78 is 28.5. The number of hydrogen-bond acceptors (Lipinski definition) is 4. The first-order valence-corrected chi connectivity index (χ1v) is 7.25. The Bertz CT molecular complexity index is 438. The van der Waals surface area contributed by atoms with Crippen molar-refractivity contribution in [2.75, 3.05) is 25.1 Å². The Kier molecular flexibility index (Phi) is 3.08. The van der Waals surface area contributed by atoms with Crippen LogP contribution in [0.1, 0.15) is 12.2 Å². The monoisotopic (exact) mass is 243 g/mol. The standard InChI is InChI=1S/C11H17NO3S/c1-12-8-11(4-6-16(13,14)9-11)7-10-3-2-5-15-10/h2-3,5,12H,4,6-9H2,1H3. The van der Waals surface area contributed by atoms with Crippen LogP contribution >= 0.6 is 0 Å². The van der Waals surface area contributed by atoms with Crippen molar-refractivity contribution in [2.45, 2.75) is 12.8 Å². The predicted octanol–water partition coefficient (Wildman–Crippen LogP) is 0.846. The van der Waals surface area contributed by atoms with Crippen LogP contribution in [0, 0.1) is 5.41 Å². The average Bonchev–Trinajstić information content (AvgIpc) is 2.76. The highest BCUT2D eigenvalue weighted by atomic mass is 32.2. The highest BCUT2D eigenvalue weighted by molar-refractivity contribution is 7.91. The number of nitrogens with one attached hydrogen (secondary N) is 1. The number of sulfone groups is 1. The Morgan fingerprint density at radius 1 is 1.56 bits per heavy atom. The van der Waals surface area contributed by atoms with Crippen molar-refractivity contribution >= 4 is 9.84 Å². The van der Waals surface area contributed by atoms with Crippen LogP contribution in [-0.2, 0) is 16.3 Å². The molecule has 1 aromatic heterocycles. The van der Waals surface area contributed by atoms with Gasteiger partial charge in [-0.3, -0.25) is 0 Å². The summed E-state index contributed by atoms with van der Waals surface area (Å²) in [5.74, 6) is 1.43. The third-order valence-corrected chi connectivity index (χ3v) is 5.03. The maximum absolute atomic E-state index is 11.6. The normalized spacial score (nSPS) is 28.3. The average molecular weight is 243 g/mol. The van der Waals surface area contributed by atoms with E-state index in [0.717, 1.165) is 12.2 Å². The molecular formula is C11H17NO3S. The molecule has 1 saturated heterocycles. The van der Waals surface area contributed by atoms with Crippen LogP contribution < -0.4 is 5.32 Å². The van der Waals surface area contributed by atoms with Crippen LogP contribution in [0.4, 0.5) is 0 Å². The van der Waals surface area contributed by atoms with Crippen molar-refractivity contribution < 1.29 is 12.8 Å². The third kappa shape index (κ3) is 2.47.